The van der Waals surface area contributed by atoms with Crippen LogP contribution in [0.1, 0.15) is 24.3 Å². The molecule has 0 saturated carbocycles. The van der Waals surface area contributed by atoms with Crippen LogP contribution in [0.25, 0.3) is 0 Å². The molecule has 0 bridgehead atoms. The average molecular weight is 435 g/mol. The minimum atomic E-state index is -0.648. The highest BCUT2D eigenvalue weighted by molar-refractivity contribution is 9.10. The van der Waals surface area contributed by atoms with E-state index in [2.05, 4.69) is 21.0 Å². The predicted molar refractivity (Wildman–Crippen MR) is 103 cm³/mol. The third-order valence-electron chi connectivity index (χ3n) is 4.03. The summed E-state index contributed by atoms with van der Waals surface area (Å²) in [4.78, 5) is 12.1. The van der Waals surface area contributed by atoms with Gasteiger partial charge in [0.2, 0.25) is 23.8 Å². The first kappa shape index (κ1) is 19.0. The second kappa shape index (κ2) is 7.87. The lowest BCUT2D eigenvalue weighted by Gasteiger charge is -2.19. The summed E-state index contributed by atoms with van der Waals surface area (Å²) >= 11 is 3.40. The van der Waals surface area contributed by atoms with Crippen molar-refractivity contribution >= 4 is 27.7 Å². The SMILES string of the molecule is COc1cc(C2=NN(C(C)=O)C(c3ccc(Br)cc3)O2)cc(OC)c1OC. The topological polar surface area (TPSA) is 69.6 Å². The van der Waals surface area contributed by atoms with E-state index < -0.39 is 6.23 Å². The highest BCUT2D eigenvalue weighted by Gasteiger charge is 2.33. The fourth-order valence-electron chi connectivity index (χ4n) is 2.73. The summed E-state index contributed by atoms with van der Waals surface area (Å²) in [5.41, 5.74) is 1.41. The molecule has 27 heavy (non-hydrogen) atoms. The molecule has 1 unspecified atom stereocenters. The maximum Gasteiger partial charge on any atom is 0.243 e. The van der Waals surface area contributed by atoms with Crippen LogP contribution in [0.2, 0.25) is 0 Å². The lowest BCUT2D eigenvalue weighted by Crippen LogP contribution is -2.25. The molecular weight excluding hydrogens is 416 g/mol. The first-order valence-corrected chi connectivity index (χ1v) is 8.88. The second-order valence-corrected chi connectivity index (χ2v) is 6.62. The van der Waals surface area contributed by atoms with Gasteiger partial charge >= 0.3 is 0 Å². The Bertz CT molecular complexity index is 857. The Balaban J connectivity index is 2.01. The van der Waals surface area contributed by atoms with E-state index in [1.54, 1.807) is 12.1 Å². The van der Waals surface area contributed by atoms with Gasteiger partial charge in [0.1, 0.15) is 0 Å². The van der Waals surface area contributed by atoms with Crippen molar-refractivity contribution in [2.45, 2.75) is 13.2 Å². The summed E-state index contributed by atoms with van der Waals surface area (Å²) in [6, 6.07) is 11.0. The van der Waals surface area contributed by atoms with Crippen molar-refractivity contribution in [3.05, 3.63) is 52.0 Å². The van der Waals surface area contributed by atoms with Crippen molar-refractivity contribution in [2.24, 2.45) is 5.10 Å². The van der Waals surface area contributed by atoms with Crippen molar-refractivity contribution in [3.63, 3.8) is 0 Å². The highest BCUT2D eigenvalue weighted by Crippen LogP contribution is 2.40. The van der Waals surface area contributed by atoms with Gasteiger partial charge in [0.25, 0.3) is 0 Å². The first-order valence-electron chi connectivity index (χ1n) is 8.09. The monoisotopic (exact) mass is 434 g/mol. The van der Waals surface area contributed by atoms with E-state index in [4.69, 9.17) is 18.9 Å². The molecule has 0 aromatic heterocycles. The summed E-state index contributed by atoms with van der Waals surface area (Å²) in [7, 11) is 4.60. The van der Waals surface area contributed by atoms with Gasteiger partial charge in [0, 0.05) is 22.5 Å². The lowest BCUT2D eigenvalue weighted by molar-refractivity contribution is -0.135. The van der Waals surface area contributed by atoms with Crippen LogP contribution in [-0.4, -0.2) is 38.1 Å². The molecule has 0 radical (unpaired) electrons. The van der Waals surface area contributed by atoms with Crippen LogP contribution in [0.4, 0.5) is 0 Å². The number of halogens is 1. The number of carbonyl (C=O) groups is 1. The summed E-state index contributed by atoms with van der Waals surface area (Å²) in [5, 5.41) is 5.67. The highest BCUT2D eigenvalue weighted by atomic mass is 79.9. The number of hydrogen-bond acceptors (Lipinski definition) is 6. The van der Waals surface area contributed by atoms with E-state index in [9.17, 15) is 4.79 Å². The minimum Gasteiger partial charge on any atom is -0.493 e. The minimum absolute atomic E-state index is 0.231. The zero-order chi connectivity index (χ0) is 19.6. The smallest absolute Gasteiger partial charge is 0.243 e. The Labute approximate surface area is 165 Å². The van der Waals surface area contributed by atoms with Crippen molar-refractivity contribution in [1.82, 2.24) is 5.01 Å². The van der Waals surface area contributed by atoms with E-state index in [-0.39, 0.29) is 11.8 Å². The normalized spacial score (nSPS) is 15.8. The standard InChI is InChI=1S/C19H19BrN2O5/c1-11(23)22-19(12-5-7-14(20)8-6-12)27-18(21-22)13-9-15(24-2)17(26-4)16(10-13)25-3/h5-10,19H,1-4H3. The number of methoxy groups -OCH3 is 3. The Hall–Kier alpha value is -2.74. The number of ether oxygens (including phenoxy) is 4. The van der Waals surface area contributed by atoms with Crippen LogP contribution in [0, 0.1) is 0 Å². The molecule has 0 saturated heterocycles. The van der Waals surface area contributed by atoms with Gasteiger partial charge in [0.15, 0.2) is 11.5 Å². The largest absolute Gasteiger partial charge is 0.493 e. The van der Waals surface area contributed by atoms with E-state index in [0.29, 0.717) is 22.8 Å². The summed E-state index contributed by atoms with van der Waals surface area (Å²) in [6.45, 7) is 1.44. The quantitative estimate of drug-likeness (QED) is 0.716. The fraction of sp³-hybridized carbons (Fsp3) is 0.263. The molecule has 8 heteroatoms. The van der Waals surface area contributed by atoms with Crippen LogP contribution in [0.3, 0.4) is 0 Å². The van der Waals surface area contributed by atoms with Gasteiger partial charge in [0.05, 0.1) is 21.3 Å². The molecule has 142 valence electrons. The molecule has 1 aliphatic rings. The number of benzene rings is 2. The molecule has 2 aromatic carbocycles. The molecule has 0 N–H and O–H groups in total. The molecule has 0 aliphatic carbocycles. The van der Waals surface area contributed by atoms with Gasteiger partial charge in [-0.2, -0.15) is 5.01 Å². The van der Waals surface area contributed by atoms with Gasteiger partial charge in [-0.05, 0) is 24.3 Å². The fourth-order valence-corrected chi connectivity index (χ4v) is 3.00. The maximum atomic E-state index is 12.1. The van der Waals surface area contributed by atoms with E-state index in [0.717, 1.165) is 10.0 Å². The number of nitrogens with zero attached hydrogens (tertiary/aromatic N) is 2. The summed E-state index contributed by atoms with van der Waals surface area (Å²) in [5.74, 6) is 1.47. The van der Waals surface area contributed by atoms with Crippen LogP contribution in [0.15, 0.2) is 46.0 Å². The number of rotatable bonds is 5. The number of carbonyl (C=O) groups excluding carboxylic acids is 1. The van der Waals surface area contributed by atoms with Crippen molar-refractivity contribution in [2.75, 3.05) is 21.3 Å². The molecule has 2 aromatic rings. The van der Waals surface area contributed by atoms with E-state index in [1.807, 2.05) is 24.3 Å². The van der Waals surface area contributed by atoms with Crippen LogP contribution >= 0.6 is 15.9 Å². The Morgan fingerprint density at radius 3 is 2.15 bits per heavy atom. The van der Waals surface area contributed by atoms with Crippen molar-refractivity contribution < 1.29 is 23.7 Å². The van der Waals surface area contributed by atoms with Gasteiger partial charge in [-0.3, -0.25) is 4.79 Å². The zero-order valence-electron chi connectivity index (χ0n) is 15.4. The molecule has 0 fully saturated rings. The lowest BCUT2D eigenvalue weighted by atomic mass is 10.1. The molecule has 1 heterocycles. The first-order chi connectivity index (χ1) is 13.0. The Morgan fingerprint density at radius 1 is 1.07 bits per heavy atom. The molecule has 7 nitrogen and oxygen atoms in total. The van der Waals surface area contributed by atoms with Gasteiger partial charge in [-0.25, -0.2) is 0 Å². The average Bonchev–Trinajstić information content (AvgIpc) is 3.13. The Morgan fingerprint density at radius 2 is 1.67 bits per heavy atom. The maximum absolute atomic E-state index is 12.1. The molecule has 1 amide bonds. The number of hydrazone groups is 1. The van der Waals surface area contributed by atoms with Crippen molar-refractivity contribution in [3.8, 4) is 17.2 Å². The zero-order valence-corrected chi connectivity index (χ0v) is 16.9. The van der Waals surface area contributed by atoms with E-state index >= 15 is 0 Å². The third-order valence-corrected chi connectivity index (χ3v) is 4.56. The van der Waals surface area contributed by atoms with Gasteiger partial charge < -0.3 is 18.9 Å². The predicted octanol–water partition coefficient (Wildman–Crippen LogP) is 3.71. The molecule has 1 aliphatic heterocycles. The van der Waals surface area contributed by atoms with Gasteiger partial charge in [-0.15, -0.1) is 5.10 Å². The molecule has 1 atom stereocenters. The van der Waals surface area contributed by atoms with Crippen LogP contribution in [0.5, 0.6) is 17.2 Å². The molecule has 0 spiro atoms. The summed E-state index contributed by atoms with van der Waals surface area (Å²) in [6.07, 6.45) is -0.648. The number of hydrogen-bond donors (Lipinski definition) is 0. The molecular formula is C19H19BrN2O5. The van der Waals surface area contributed by atoms with Crippen LogP contribution in [-0.2, 0) is 9.53 Å². The third kappa shape index (κ3) is 3.71. The van der Waals surface area contributed by atoms with Crippen molar-refractivity contribution in [1.29, 1.82) is 0 Å². The molecule has 3 rings (SSSR count). The number of amides is 1. The van der Waals surface area contributed by atoms with Crippen LogP contribution < -0.4 is 14.2 Å². The second-order valence-electron chi connectivity index (χ2n) is 5.70. The van der Waals surface area contributed by atoms with Gasteiger partial charge in [-0.1, -0.05) is 28.1 Å². The Kier molecular flexibility index (Phi) is 5.55. The van der Waals surface area contributed by atoms with E-state index in [1.165, 1.54) is 33.3 Å². The summed E-state index contributed by atoms with van der Waals surface area (Å²) < 4.78 is 23.0.